The van der Waals surface area contributed by atoms with Crippen molar-refractivity contribution in [2.75, 3.05) is 19.4 Å². The van der Waals surface area contributed by atoms with E-state index in [1.807, 2.05) is 0 Å². The smallest absolute Gasteiger partial charge is 0.251 e. The highest BCUT2D eigenvalue weighted by Gasteiger charge is 2.20. The summed E-state index contributed by atoms with van der Waals surface area (Å²) in [6.07, 6.45) is 3.75. The van der Waals surface area contributed by atoms with Gasteiger partial charge in [0.25, 0.3) is 5.91 Å². The van der Waals surface area contributed by atoms with Gasteiger partial charge in [0.1, 0.15) is 5.75 Å². The molecule has 0 aromatic heterocycles. The Labute approximate surface area is 101 Å². The fourth-order valence-corrected chi connectivity index (χ4v) is 1.71. The van der Waals surface area contributed by atoms with E-state index in [1.54, 1.807) is 25.2 Å². The summed E-state index contributed by atoms with van der Waals surface area (Å²) in [5.41, 5.74) is 6.91. The first-order valence-electron chi connectivity index (χ1n) is 5.95. The Morgan fingerprint density at radius 1 is 1.53 bits per heavy atom. The van der Waals surface area contributed by atoms with Crippen molar-refractivity contribution in [2.24, 2.45) is 5.92 Å². The molecule has 1 aromatic carbocycles. The Bertz CT molecular complexity index is 414. The van der Waals surface area contributed by atoms with Crippen molar-refractivity contribution in [3.63, 3.8) is 0 Å². The van der Waals surface area contributed by atoms with Gasteiger partial charge in [-0.1, -0.05) is 12.8 Å². The molecule has 0 aliphatic heterocycles. The van der Waals surface area contributed by atoms with E-state index in [0.717, 1.165) is 12.3 Å². The van der Waals surface area contributed by atoms with E-state index in [9.17, 15) is 4.79 Å². The third-order valence-corrected chi connectivity index (χ3v) is 2.98. The van der Waals surface area contributed by atoms with Crippen LogP contribution < -0.4 is 15.8 Å². The van der Waals surface area contributed by atoms with Crippen LogP contribution in [-0.2, 0) is 0 Å². The molecule has 1 amide bonds. The van der Waals surface area contributed by atoms with Crippen LogP contribution in [0.4, 0.5) is 5.69 Å². The molecule has 4 heteroatoms. The number of nitrogens with one attached hydrogen (secondary N) is 1. The van der Waals surface area contributed by atoms with E-state index < -0.39 is 0 Å². The SMILES string of the molecule is CNC(=O)c1ccc(OCCC2CC2)c(N)c1. The van der Waals surface area contributed by atoms with Gasteiger partial charge < -0.3 is 15.8 Å². The zero-order chi connectivity index (χ0) is 12.3. The van der Waals surface area contributed by atoms with Gasteiger partial charge in [0.15, 0.2) is 0 Å². The largest absolute Gasteiger partial charge is 0.491 e. The number of hydrogen-bond donors (Lipinski definition) is 2. The molecular formula is C13H18N2O2. The van der Waals surface area contributed by atoms with E-state index in [4.69, 9.17) is 10.5 Å². The number of hydrogen-bond acceptors (Lipinski definition) is 3. The summed E-state index contributed by atoms with van der Waals surface area (Å²) < 4.78 is 5.60. The average molecular weight is 234 g/mol. The number of benzene rings is 1. The van der Waals surface area contributed by atoms with Crippen molar-refractivity contribution in [2.45, 2.75) is 19.3 Å². The summed E-state index contributed by atoms with van der Waals surface area (Å²) in [5, 5.41) is 2.56. The Morgan fingerprint density at radius 2 is 2.29 bits per heavy atom. The number of anilines is 1. The third kappa shape index (κ3) is 3.12. The minimum absolute atomic E-state index is 0.138. The van der Waals surface area contributed by atoms with Crippen LogP contribution in [0.25, 0.3) is 0 Å². The lowest BCUT2D eigenvalue weighted by atomic mass is 10.2. The molecule has 0 unspecified atom stereocenters. The number of carbonyl (C=O) groups is 1. The van der Waals surface area contributed by atoms with Crippen LogP contribution in [0.3, 0.4) is 0 Å². The molecule has 0 radical (unpaired) electrons. The highest BCUT2D eigenvalue weighted by Crippen LogP contribution is 2.32. The molecule has 92 valence electrons. The van der Waals surface area contributed by atoms with Gasteiger partial charge >= 0.3 is 0 Å². The molecule has 1 aliphatic carbocycles. The lowest BCUT2D eigenvalue weighted by Crippen LogP contribution is -2.17. The maximum atomic E-state index is 11.4. The van der Waals surface area contributed by atoms with E-state index in [-0.39, 0.29) is 5.91 Å². The second-order valence-corrected chi connectivity index (χ2v) is 4.41. The predicted molar refractivity (Wildman–Crippen MR) is 67.1 cm³/mol. The molecule has 17 heavy (non-hydrogen) atoms. The van der Waals surface area contributed by atoms with Crippen LogP contribution in [-0.4, -0.2) is 19.6 Å². The number of nitrogens with two attached hydrogens (primary N) is 1. The first-order valence-corrected chi connectivity index (χ1v) is 5.95. The zero-order valence-electron chi connectivity index (χ0n) is 10.0. The van der Waals surface area contributed by atoms with E-state index in [1.165, 1.54) is 12.8 Å². The van der Waals surface area contributed by atoms with Crippen LogP contribution in [0.1, 0.15) is 29.6 Å². The van der Waals surface area contributed by atoms with Crippen molar-refractivity contribution < 1.29 is 9.53 Å². The van der Waals surface area contributed by atoms with Crippen molar-refractivity contribution >= 4 is 11.6 Å². The molecule has 0 spiro atoms. The van der Waals surface area contributed by atoms with E-state index >= 15 is 0 Å². The van der Waals surface area contributed by atoms with E-state index in [2.05, 4.69) is 5.32 Å². The molecule has 0 heterocycles. The number of nitrogen functional groups attached to an aromatic ring is 1. The lowest BCUT2D eigenvalue weighted by molar-refractivity contribution is 0.0963. The number of amides is 1. The maximum Gasteiger partial charge on any atom is 0.251 e. The number of rotatable bonds is 5. The predicted octanol–water partition coefficient (Wildman–Crippen LogP) is 1.81. The van der Waals surface area contributed by atoms with Crippen LogP contribution in [0.5, 0.6) is 5.75 Å². The van der Waals surface area contributed by atoms with Crippen LogP contribution >= 0.6 is 0 Å². The maximum absolute atomic E-state index is 11.4. The third-order valence-electron chi connectivity index (χ3n) is 2.98. The normalized spacial score (nSPS) is 14.4. The topological polar surface area (TPSA) is 64.3 Å². The first kappa shape index (κ1) is 11.8. The second kappa shape index (κ2) is 5.08. The summed E-state index contributed by atoms with van der Waals surface area (Å²) in [7, 11) is 1.60. The molecule has 0 atom stereocenters. The summed E-state index contributed by atoms with van der Waals surface area (Å²) in [6.45, 7) is 0.703. The lowest BCUT2D eigenvalue weighted by Gasteiger charge is -2.09. The van der Waals surface area contributed by atoms with Gasteiger partial charge in [-0.15, -0.1) is 0 Å². The van der Waals surface area contributed by atoms with Crippen LogP contribution in [0.2, 0.25) is 0 Å². The zero-order valence-corrected chi connectivity index (χ0v) is 10.0. The fraction of sp³-hybridized carbons (Fsp3) is 0.462. The molecule has 1 aliphatic rings. The molecular weight excluding hydrogens is 216 g/mol. The Kier molecular flexibility index (Phi) is 3.52. The van der Waals surface area contributed by atoms with Gasteiger partial charge in [0, 0.05) is 12.6 Å². The molecule has 3 N–H and O–H groups in total. The minimum atomic E-state index is -0.138. The standard InChI is InChI=1S/C13H18N2O2/c1-15-13(16)10-4-5-12(11(14)8-10)17-7-6-9-2-3-9/h4-5,8-9H,2-3,6-7,14H2,1H3,(H,15,16). The van der Waals surface area contributed by atoms with Crippen LogP contribution in [0.15, 0.2) is 18.2 Å². The van der Waals surface area contributed by atoms with Gasteiger partial charge in [-0.25, -0.2) is 0 Å². The molecule has 4 nitrogen and oxygen atoms in total. The summed E-state index contributed by atoms with van der Waals surface area (Å²) >= 11 is 0. The van der Waals surface area contributed by atoms with Gasteiger partial charge in [0.2, 0.25) is 0 Å². The fourth-order valence-electron chi connectivity index (χ4n) is 1.71. The van der Waals surface area contributed by atoms with Crippen molar-refractivity contribution in [3.8, 4) is 5.75 Å². The van der Waals surface area contributed by atoms with E-state index in [0.29, 0.717) is 23.6 Å². The molecule has 2 rings (SSSR count). The Balaban J connectivity index is 1.95. The first-order chi connectivity index (χ1) is 8.20. The summed E-state index contributed by atoms with van der Waals surface area (Å²) in [5.74, 6) is 1.38. The Morgan fingerprint density at radius 3 is 2.88 bits per heavy atom. The molecule has 0 saturated heterocycles. The Hall–Kier alpha value is -1.71. The highest BCUT2D eigenvalue weighted by molar-refractivity contribution is 5.95. The number of ether oxygens (including phenoxy) is 1. The average Bonchev–Trinajstić information content (AvgIpc) is 3.14. The summed E-state index contributed by atoms with van der Waals surface area (Å²) in [6, 6.07) is 5.12. The van der Waals surface area contributed by atoms with Crippen molar-refractivity contribution in [1.82, 2.24) is 5.32 Å². The van der Waals surface area contributed by atoms with Gasteiger partial charge in [-0.2, -0.15) is 0 Å². The monoisotopic (exact) mass is 234 g/mol. The van der Waals surface area contributed by atoms with Crippen molar-refractivity contribution in [3.05, 3.63) is 23.8 Å². The minimum Gasteiger partial charge on any atom is -0.491 e. The molecule has 1 saturated carbocycles. The quantitative estimate of drug-likeness (QED) is 0.764. The summed E-state index contributed by atoms with van der Waals surface area (Å²) in [4.78, 5) is 11.4. The van der Waals surface area contributed by atoms with Gasteiger partial charge in [-0.05, 0) is 30.5 Å². The molecule has 0 bridgehead atoms. The molecule has 1 aromatic rings. The second-order valence-electron chi connectivity index (χ2n) is 4.41. The van der Waals surface area contributed by atoms with Crippen molar-refractivity contribution in [1.29, 1.82) is 0 Å². The van der Waals surface area contributed by atoms with Gasteiger partial charge in [0.05, 0.1) is 12.3 Å². The van der Waals surface area contributed by atoms with Gasteiger partial charge in [-0.3, -0.25) is 4.79 Å². The van der Waals surface area contributed by atoms with Crippen LogP contribution in [0, 0.1) is 5.92 Å². The highest BCUT2D eigenvalue weighted by atomic mass is 16.5. The molecule has 1 fully saturated rings. The number of carbonyl (C=O) groups excluding carboxylic acids is 1.